The molecule has 19 nitrogen and oxygen atoms in total. The standard InChI is InChI=1S/C51H89NO18/c1-3-5-7-9-11-13-15-17-18-20-22-24-26-28-35(56)34(52-39(57)29-27-25-23-21-19-16-14-12-10-8-6-4-2)33-65-49-45(63)42(60)47(37(31-54)67-49)70-51-46(64)43(61)48(38(32-55)68-51)69-50-44(62)41(59)40(58)36(30-53)66-50/h11-14,18,20,26,28,34-38,40-51,53-56,58-64H,3-10,15-17,19,21-25,27,29-33H2,1-2H3,(H,52,57)/b13-11+,14-12-,20-18+,28-26+. The second-order valence-corrected chi connectivity index (χ2v) is 18.6. The molecule has 70 heavy (non-hydrogen) atoms. The Balaban J connectivity index is 1.59. The average Bonchev–Trinajstić information content (AvgIpc) is 3.35. The maximum atomic E-state index is 13.2. The summed E-state index contributed by atoms with van der Waals surface area (Å²) in [5, 5.41) is 119. The molecular formula is C51H89NO18. The van der Waals surface area contributed by atoms with Crippen LogP contribution in [0.1, 0.15) is 136 Å². The van der Waals surface area contributed by atoms with Crippen LogP contribution in [0.5, 0.6) is 0 Å². The van der Waals surface area contributed by atoms with Crippen LogP contribution in [-0.4, -0.2) is 193 Å². The Kier molecular flexibility index (Phi) is 31.8. The normalized spacial score (nSPS) is 33.0. The molecule has 0 bridgehead atoms. The predicted octanol–water partition coefficient (Wildman–Crippen LogP) is 1.97. The first-order valence-electron chi connectivity index (χ1n) is 25.9. The third-order valence-corrected chi connectivity index (χ3v) is 12.8. The molecule has 19 heteroatoms. The number of nitrogens with one attached hydrogen (secondary N) is 1. The van der Waals surface area contributed by atoms with Crippen molar-refractivity contribution in [1.29, 1.82) is 0 Å². The molecule has 0 aromatic rings. The van der Waals surface area contributed by atoms with E-state index in [-0.39, 0.29) is 18.9 Å². The van der Waals surface area contributed by atoms with Gasteiger partial charge in [0.25, 0.3) is 0 Å². The Morgan fingerprint density at radius 3 is 1.43 bits per heavy atom. The molecule has 0 spiro atoms. The van der Waals surface area contributed by atoms with E-state index < -0.39 is 124 Å². The maximum absolute atomic E-state index is 13.2. The van der Waals surface area contributed by atoms with Crippen molar-refractivity contribution in [2.75, 3.05) is 26.4 Å². The molecule has 3 fully saturated rings. The van der Waals surface area contributed by atoms with E-state index in [0.717, 1.165) is 64.2 Å². The molecule has 3 aliphatic rings. The van der Waals surface area contributed by atoms with Gasteiger partial charge in [0.05, 0.1) is 38.6 Å². The molecule has 17 unspecified atom stereocenters. The van der Waals surface area contributed by atoms with Gasteiger partial charge in [0.15, 0.2) is 18.9 Å². The number of hydrogen-bond donors (Lipinski definition) is 12. The van der Waals surface area contributed by atoms with Crippen molar-refractivity contribution >= 4 is 5.91 Å². The first-order chi connectivity index (χ1) is 33.8. The van der Waals surface area contributed by atoms with Crippen molar-refractivity contribution in [1.82, 2.24) is 5.32 Å². The van der Waals surface area contributed by atoms with Gasteiger partial charge >= 0.3 is 0 Å². The zero-order chi connectivity index (χ0) is 51.3. The maximum Gasteiger partial charge on any atom is 0.220 e. The van der Waals surface area contributed by atoms with E-state index in [1.54, 1.807) is 6.08 Å². The fraction of sp³-hybridized carbons (Fsp3) is 0.824. The van der Waals surface area contributed by atoms with Gasteiger partial charge in [-0.2, -0.15) is 0 Å². The second kappa shape index (κ2) is 35.8. The van der Waals surface area contributed by atoms with Crippen molar-refractivity contribution in [3.8, 4) is 0 Å². The number of hydrogen-bond acceptors (Lipinski definition) is 18. The largest absolute Gasteiger partial charge is 0.394 e. The highest BCUT2D eigenvalue weighted by Crippen LogP contribution is 2.33. The monoisotopic (exact) mass is 1000 g/mol. The van der Waals surface area contributed by atoms with Crippen LogP contribution >= 0.6 is 0 Å². The molecule has 3 rings (SSSR count). The zero-order valence-corrected chi connectivity index (χ0v) is 41.5. The molecule has 3 aliphatic heterocycles. The minimum Gasteiger partial charge on any atom is -0.394 e. The van der Waals surface area contributed by atoms with E-state index in [1.165, 1.54) is 38.5 Å². The number of amides is 1. The van der Waals surface area contributed by atoms with Crippen molar-refractivity contribution in [3.63, 3.8) is 0 Å². The Labute approximate surface area is 414 Å². The molecule has 406 valence electrons. The van der Waals surface area contributed by atoms with Gasteiger partial charge < -0.3 is 89.9 Å². The summed E-state index contributed by atoms with van der Waals surface area (Å²) in [5.41, 5.74) is 0. The van der Waals surface area contributed by atoms with Crippen LogP contribution in [-0.2, 0) is 33.2 Å². The number of carbonyl (C=O) groups is 1. The van der Waals surface area contributed by atoms with Gasteiger partial charge in [0.1, 0.15) is 73.2 Å². The molecule has 1 amide bonds. The molecule has 17 atom stereocenters. The summed E-state index contributed by atoms with van der Waals surface area (Å²) in [6, 6.07) is -0.997. The molecule has 12 N–H and O–H groups in total. The Hall–Kier alpha value is -2.25. The third kappa shape index (κ3) is 21.3. The Bertz CT molecular complexity index is 1480. The molecule has 3 saturated heterocycles. The summed E-state index contributed by atoms with van der Waals surface area (Å²) in [6.45, 7) is 1.57. The van der Waals surface area contributed by atoms with Gasteiger partial charge in [-0.3, -0.25) is 4.79 Å². The number of aliphatic hydroxyl groups excluding tert-OH is 11. The minimum atomic E-state index is -1.98. The molecule has 3 heterocycles. The summed E-state index contributed by atoms with van der Waals surface area (Å²) < 4.78 is 34.1. The lowest BCUT2D eigenvalue weighted by molar-refractivity contribution is -0.379. The SMILES string of the molecule is CCCCC/C=C\CCCCCCCC(=O)NC(COC1OC(CO)C(OC2OC(CO)C(OC3OC(CO)C(O)C(O)C3O)C(O)C2O)C(O)C1O)C(O)/C=C/CC/C=C/CC/C=C/CCCCC. The van der Waals surface area contributed by atoms with Crippen molar-refractivity contribution in [2.45, 2.75) is 240 Å². The highest BCUT2D eigenvalue weighted by molar-refractivity contribution is 5.76. The zero-order valence-electron chi connectivity index (χ0n) is 41.5. The first-order valence-corrected chi connectivity index (χ1v) is 25.9. The summed E-state index contributed by atoms with van der Waals surface area (Å²) in [6.07, 6.45) is 8.34. The fourth-order valence-corrected chi connectivity index (χ4v) is 8.45. The lowest BCUT2D eigenvalue weighted by Crippen LogP contribution is -2.66. The van der Waals surface area contributed by atoms with Crippen LogP contribution in [0, 0.1) is 0 Å². The quantitative estimate of drug-likeness (QED) is 0.0319. The molecule has 0 radical (unpaired) electrons. The van der Waals surface area contributed by atoms with Gasteiger partial charge in [-0.05, 0) is 70.6 Å². The van der Waals surface area contributed by atoms with Crippen LogP contribution in [0.25, 0.3) is 0 Å². The molecule has 0 aliphatic carbocycles. The Morgan fingerprint density at radius 1 is 0.500 bits per heavy atom. The van der Waals surface area contributed by atoms with Gasteiger partial charge in [-0.25, -0.2) is 0 Å². The first kappa shape index (κ1) is 62.0. The second-order valence-electron chi connectivity index (χ2n) is 18.6. The van der Waals surface area contributed by atoms with Crippen LogP contribution in [0.2, 0.25) is 0 Å². The Morgan fingerprint density at radius 2 is 0.914 bits per heavy atom. The fourth-order valence-electron chi connectivity index (χ4n) is 8.45. The molecular weight excluding hydrogens is 915 g/mol. The van der Waals surface area contributed by atoms with E-state index in [9.17, 15) is 61.0 Å². The highest BCUT2D eigenvalue weighted by Gasteiger charge is 2.53. The smallest absolute Gasteiger partial charge is 0.220 e. The van der Waals surface area contributed by atoms with Crippen LogP contribution in [0.3, 0.4) is 0 Å². The summed E-state index contributed by atoms with van der Waals surface area (Å²) in [7, 11) is 0. The number of allylic oxidation sites excluding steroid dienone is 7. The number of rotatable bonds is 35. The van der Waals surface area contributed by atoms with E-state index in [4.69, 9.17) is 28.4 Å². The van der Waals surface area contributed by atoms with Gasteiger partial charge in [-0.1, -0.05) is 107 Å². The van der Waals surface area contributed by atoms with Crippen molar-refractivity contribution in [2.24, 2.45) is 0 Å². The number of carbonyl (C=O) groups excluding carboxylic acids is 1. The van der Waals surface area contributed by atoms with E-state index in [1.807, 2.05) is 6.08 Å². The van der Waals surface area contributed by atoms with E-state index in [2.05, 4.69) is 55.6 Å². The van der Waals surface area contributed by atoms with E-state index >= 15 is 0 Å². The summed E-state index contributed by atoms with van der Waals surface area (Å²) in [4.78, 5) is 13.2. The summed E-state index contributed by atoms with van der Waals surface area (Å²) >= 11 is 0. The van der Waals surface area contributed by atoms with Crippen molar-refractivity contribution in [3.05, 3.63) is 48.6 Å². The molecule has 0 aromatic carbocycles. The average molecular weight is 1000 g/mol. The number of ether oxygens (including phenoxy) is 6. The van der Waals surface area contributed by atoms with E-state index in [0.29, 0.717) is 12.8 Å². The van der Waals surface area contributed by atoms with Gasteiger partial charge in [-0.15, -0.1) is 0 Å². The molecule has 0 saturated carbocycles. The lowest BCUT2D eigenvalue weighted by atomic mass is 9.96. The van der Waals surface area contributed by atoms with Gasteiger partial charge in [0.2, 0.25) is 5.91 Å². The van der Waals surface area contributed by atoms with Crippen molar-refractivity contribution < 1.29 is 89.4 Å². The minimum absolute atomic E-state index is 0.220. The summed E-state index contributed by atoms with van der Waals surface area (Å²) in [5.74, 6) is -0.305. The topological polar surface area (TPSA) is 307 Å². The lowest BCUT2D eigenvalue weighted by Gasteiger charge is -2.48. The van der Waals surface area contributed by atoms with Crippen LogP contribution < -0.4 is 5.32 Å². The van der Waals surface area contributed by atoms with Crippen LogP contribution in [0.4, 0.5) is 0 Å². The number of aliphatic hydroxyl groups is 11. The number of unbranched alkanes of at least 4 members (excludes halogenated alkanes) is 13. The van der Waals surface area contributed by atoms with Crippen LogP contribution in [0.15, 0.2) is 48.6 Å². The van der Waals surface area contributed by atoms with Gasteiger partial charge in [0, 0.05) is 6.42 Å². The highest BCUT2D eigenvalue weighted by atomic mass is 16.8. The molecule has 0 aromatic heterocycles. The third-order valence-electron chi connectivity index (χ3n) is 12.8. The predicted molar refractivity (Wildman–Crippen MR) is 259 cm³/mol.